The van der Waals surface area contributed by atoms with E-state index in [2.05, 4.69) is 39.8 Å². The minimum absolute atomic E-state index is 0.291. The Hall–Kier alpha value is -2.21. The lowest BCUT2D eigenvalue weighted by Gasteiger charge is -2.33. The van der Waals surface area contributed by atoms with Crippen molar-refractivity contribution >= 4 is 11.8 Å². The topological polar surface area (TPSA) is 71.2 Å². The smallest absolute Gasteiger partial charge is 0.220 e. The summed E-state index contributed by atoms with van der Waals surface area (Å²) in [7, 11) is 2.21. The predicted octanol–water partition coefficient (Wildman–Crippen LogP) is 1.32. The van der Waals surface area contributed by atoms with Crippen molar-refractivity contribution in [2.24, 2.45) is 0 Å². The number of likely N-dealkylation sites (N-methyl/N-ethyl adjacent to an activating group) is 1. The highest BCUT2D eigenvalue weighted by Crippen LogP contribution is 2.34. The van der Waals surface area contributed by atoms with E-state index in [1.807, 2.05) is 12.3 Å². The molecule has 6 heteroatoms. The van der Waals surface area contributed by atoms with Gasteiger partial charge in [-0.1, -0.05) is 0 Å². The zero-order valence-corrected chi connectivity index (χ0v) is 12.9. The Labute approximate surface area is 130 Å². The summed E-state index contributed by atoms with van der Waals surface area (Å²) in [6, 6.07) is 5.27. The van der Waals surface area contributed by atoms with Gasteiger partial charge in [0, 0.05) is 43.1 Å². The SMILES string of the molecule is Cc1cc(-c2ccnc(N)n2)cnc1N1C[C@@H]2C[C@H]1CN2C. The molecule has 2 N–H and O–H groups in total. The molecule has 0 saturated carbocycles. The number of fused-ring (bicyclic) bond motifs is 2. The number of aryl methyl sites for hydroxylation is 1. The third kappa shape index (κ3) is 2.11. The van der Waals surface area contributed by atoms with Crippen LogP contribution in [-0.2, 0) is 0 Å². The van der Waals surface area contributed by atoms with E-state index in [1.54, 1.807) is 6.20 Å². The number of hydrogen-bond donors (Lipinski definition) is 1. The molecular weight excluding hydrogens is 276 g/mol. The molecule has 0 aromatic carbocycles. The molecule has 22 heavy (non-hydrogen) atoms. The number of piperazine rings is 1. The van der Waals surface area contributed by atoms with Crippen molar-refractivity contribution in [2.75, 3.05) is 30.8 Å². The number of rotatable bonds is 2. The predicted molar refractivity (Wildman–Crippen MR) is 86.6 cm³/mol. The quantitative estimate of drug-likeness (QED) is 0.901. The van der Waals surface area contributed by atoms with Gasteiger partial charge in [0.2, 0.25) is 5.95 Å². The van der Waals surface area contributed by atoms with Crippen LogP contribution in [0.25, 0.3) is 11.3 Å². The second-order valence-electron chi connectivity index (χ2n) is 6.30. The Kier molecular flexibility index (Phi) is 3.00. The van der Waals surface area contributed by atoms with Crippen molar-refractivity contribution in [1.82, 2.24) is 19.9 Å². The average Bonchev–Trinajstić information content (AvgIpc) is 3.06. The second-order valence-corrected chi connectivity index (χ2v) is 6.30. The number of hydrogen-bond acceptors (Lipinski definition) is 6. The van der Waals surface area contributed by atoms with Gasteiger partial charge in [0.15, 0.2) is 0 Å². The maximum Gasteiger partial charge on any atom is 0.220 e. The molecule has 0 amide bonds. The van der Waals surface area contributed by atoms with E-state index in [-0.39, 0.29) is 0 Å². The van der Waals surface area contributed by atoms with Crippen LogP contribution in [0.5, 0.6) is 0 Å². The maximum absolute atomic E-state index is 5.66. The first-order valence-corrected chi connectivity index (χ1v) is 7.64. The molecule has 2 fully saturated rings. The van der Waals surface area contributed by atoms with Crippen LogP contribution in [0.15, 0.2) is 24.5 Å². The number of nitrogen functional groups attached to an aromatic ring is 1. The Morgan fingerprint density at radius 2 is 2.09 bits per heavy atom. The lowest BCUT2D eigenvalue weighted by molar-refractivity contribution is 0.292. The van der Waals surface area contributed by atoms with E-state index < -0.39 is 0 Å². The van der Waals surface area contributed by atoms with E-state index in [1.165, 1.54) is 12.0 Å². The van der Waals surface area contributed by atoms with Gasteiger partial charge in [-0.05, 0) is 38.1 Å². The number of nitrogens with two attached hydrogens (primary N) is 1. The summed E-state index contributed by atoms with van der Waals surface area (Å²) in [5.74, 6) is 1.39. The van der Waals surface area contributed by atoms with E-state index in [9.17, 15) is 0 Å². The third-order valence-corrected chi connectivity index (χ3v) is 4.81. The fourth-order valence-corrected chi connectivity index (χ4v) is 3.67. The first-order valence-electron chi connectivity index (χ1n) is 7.64. The van der Waals surface area contributed by atoms with Gasteiger partial charge in [-0.15, -0.1) is 0 Å². The lowest BCUT2D eigenvalue weighted by Crippen LogP contribution is -2.45. The zero-order valence-electron chi connectivity index (χ0n) is 12.9. The number of anilines is 2. The molecule has 2 bridgehead atoms. The first-order chi connectivity index (χ1) is 10.6. The Morgan fingerprint density at radius 1 is 1.23 bits per heavy atom. The summed E-state index contributed by atoms with van der Waals surface area (Å²) < 4.78 is 0. The van der Waals surface area contributed by atoms with E-state index in [4.69, 9.17) is 10.7 Å². The van der Waals surface area contributed by atoms with Crippen LogP contribution in [0.3, 0.4) is 0 Å². The van der Waals surface area contributed by atoms with Crippen LogP contribution in [0, 0.1) is 6.92 Å². The fourth-order valence-electron chi connectivity index (χ4n) is 3.67. The number of likely N-dealkylation sites (tertiary alicyclic amines) is 1. The molecule has 2 atom stereocenters. The van der Waals surface area contributed by atoms with Crippen LogP contribution >= 0.6 is 0 Å². The Morgan fingerprint density at radius 3 is 2.73 bits per heavy atom. The van der Waals surface area contributed by atoms with Crippen molar-refractivity contribution < 1.29 is 0 Å². The normalized spacial score (nSPS) is 24.2. The van der Waals surface area contributed by atoms with Gasteiger partial charge in [-0.3, -0.25) is 4.90 Å². The molecule has 0 spiro atoms. The highest BCUT2D eigenvalue weighted by atomic mass is 15.4. The second kappa shape index (κ2) is 4.91. The van der Waals surface area contributed by atoms with Gasteiger partial charge in [0.1, 0.15) is 5.82 Å². The van der Waals surface area contributed by atoms with Gasteiger partial charge in [0.25, 0.3) is 0 Å². The minimum Gasteiger partial charge on any atom is -0.368 e. The molecule has 0 aliphatic carbocycles. The first kappa shape index (κ1) is 13.5. The summed E-state index contributed by atoms with van der Waals surface area (Å²) in [4.78, 5) is 17.8. The molecule has 6 nitrogen and oxygen atoms in total. The van der Waals surface area contributed by atoms with E-state index in [0.29, 0.717) is 18.0 Å². The standard InChI is InChI=1S/C16H20N6/c1-10-5-11(14-3-4-18-16(17)20-14)7-19-15(10)22-9-12-6-13(22)8-21(12)2/h3-5,7,12-13H,6,8-9H2,1-2H3,(H2,17,18,20)/t12-,13-/m0/s1. The summed E-state index contributed by atoms with van der Waals surface area (Å²) in [5, 5.41) is 0. The molecular formula is C16H20N6. The Balaban J connectivity index is 1.64. The highest BCUT2D eigenvalue weighted by Gasteiger charge is 2.42. The fraction of sp³-hybridized carbons (Fsp3) is 0.438. The van der Waals surface area contributed by atoms with Crippen LogP contribution in [0.4, 0.5) is 11.8 Å². The molecule has 2 aliphatic heterocycles. The molecule has 0 radical (unpaired) electrons. The minimum atomic E-state index is 0.291. The maximum atomic E-state index is 5.66. The summed E-state index contributed by atoms with van der Waals surface area (Å²) in [6.07, 6.45) is 4.82. The van der Waals surface area contributed by atoms with Crippen molar-refractivity contribution in [3.8, 4) is 11.3 Å². The number of pyridine rings is 1. The van der Waals surface area contributed by atoms with Gasteiger partial charge in [-0.2, -0.15) is 0 Å². The van der Waals surface area contributed by atoms with Gasteiger partial charge < -0.3 is 10.6 Å². The van der Waals surface area contributed by atoms with Crippen molar-refractivity contribution in [3.05, 3.63) is 30.1 Å². The third-order valence-electron chi connectivity index (χ3n) is 4.81. The Bertz CT molecular complexity index is 714. The number of aromatic nitrogens is 3. The summed E-state index contributed by atoms with van der Waals surface area (Å²) in [6.45, 7) is 4.33. The van der Waals surface area contributed by atoms with Crippen LogP contribution in [0.1, 0.15) is 12.0 Å². The molecule has 2 aromatic heterocycles. The van der Waals surface area contributed by atoms with E-state index in [0.717, 1.165) is 30.2 Å². The van der Waals surface area contributed by atoms with Gasteiger partial charge in [-0.25, -0.2) is 15.0 Å². The van der Waals surface area contributed by atoms with Gasteiger partial charge in [0.05, 0.1) is 5.69 Å². The van der Waals surface area contributed by atoms with Gasteiger partial charge >= 0.3 is 0 Å². The number of nitrogens with zero attached hydrogens (tertiary/aromatic N) is 5. The molecule has 4 rings (SSSR count). The van der Waals surface area contributed by atoms with E-state index >= 15 is 0 Å². The van der Waals surface area contributed by atoms with Crippen molar-refractivity contribution in [3.63, 3.8) is 0 Å². The van der Waals surface area contributed by atoms with Crippen LogP contribution in [0.2, 0.25) is 0 Å². The molecule has 0 unspecified atom stereocenters. The van der Waals surface area contributed by atoms with Crippen LogP contribution < -0.4 is 10.6 Å². The zero-order chi connectivity index (χ0) is 15.3. The van der Waals surface area contributed by atoms with Crippen LogP contribution in [-0.4, -0.2) is 52.1 Å². The summed E-state index contributed by atoms with van der Waals surface area (Å²) >= 11 is 0. The molecule has 2 saturated heterocycles. The molecule has 4 heterocycles. The highest BCUT2D eigenvalue weighted by molar-refractivity contribution is 5.63. The monoisotopic (exact) mass is 296 g/mol. The molecule has 2 aromatic rings. The lowest BCUT2D eigenvalue weighted by atomic mass is 10.1. The van der Waals surface area contributed by atoms with Crippen molar-refractivity contribution in [2.45, 2.75) is 25.4 Å². The largest absolute Gasteiger partial charge is 0.368 e. The average molecular weight is 296 g/mol. The van der Waals surface area contributed by atoms with Crippen molar-refractivity contribution in [1.29, 1.82) is 0 Å². The molecule has 114 valence electrons. The summed E-state index contributed by atoms with van der Waals surface area (Å²) in [5.41, 5.74) is 8.65. The molecule has 2 aliphatic rings.